The Morgan fingerprint density at radius 2 is 1.74 bits per heavy atom. The van der Waals surface area contributed by atoms with Gasteiger partial charge in [0.1, 0.15) is 19.0 Å². The zero-order valence-electron chi connectivity index (χ0n) is 19.2. The number of aryl methyl sites for hydroxylation is 1. The first-order chi connectivity index (χ1) is 16.7. The summed E-state index contributed by atoms with van der Waals surface area (Å²) in [5, 5.41) is 14.2. The minimum absolute atomic E-state index is 0.145. The Kier molecular flexibility index (Phi) is 11.4. The number of carbonyl (C=O) groups is 6. The van der Waals surface area contributed by atoms with Crippen LogP contribution in [0.25, 0.3) is 0 Å². The summed E-state index contributed by atoms with van der Waals surface area (Å²) in [7, 11) is 0. The number of carboxylic acids is 1. The molecular formula is C23H29N3O8S. The average molecular weight is 508 g/mol. The number of nitrogens with zero attached hydrogens (tertiary/aromatic N) is 1. The summed E-state index contributed by atoms with van der Waals surface area (Å²) in [6, 6.07) is 6.85. The van der Waals surface area contributed by atoms with E-state index in [0.717, 1.165) is 5.56 Å². The largest absolute Gasteiger partial charge is 0.481 e. The number of imide groups is 1. The van der Waals surface area contributed by atoms with Gasteiger partial charge in [-0.2, -0.15) is 12.6 Å². The Hall–Kier alpha value is -3.25. The van der Waals surface area contributed by atoms with Crippen molar-refractivity contribution in [3.8, 4) is 0 Å². The molecule has 1 fully saturated rings. The highest BCUT2D eigenvalue weighted by atomic mass is 32.1. The molecule has 0 spiro atoms. The number of ether oxygens (including phenoxy) is 1. The molecule has 1 aliphatic heterocycles. The van der Waals surface area contributed by atoms with Gasteiger partial charge in [0.25, 0.3) is 0 Å². The third-order valence-corrected chi connectivity index (χ3v) is 5.47. The third-order valence-electron chi connectivity index (χ3n) is 5.24. The molecule has 1 saturated heterocycles. The van der Waals surface area contributed by atoms with Crippen LogP contribution in [0.4, 0.5) is 5.69 Å². The van der Waals surface area contributed by atoms with E-state index in [4.69, 9.17) is 4.74 Å². The maximum absolute atomic E-state index is 12.0. The van der Waals surface area contributed by atoms with Crippen LogP contribution in [0.15, 0.2) is 24.3 Å². The molecule has 2 rings (SSSR count). The topological polar surface area (TPSA) is 159 Å². The first-order valence-electron chi connectivity index (χ1n) is 11.1. The minimum atomic E-state index is -1.19. The number of carbonyl (C=O) groups excluding carboxylic acids is 5. The average Bonchev–Trinajstić information content (AvgIpc) is 2.80. The van der Waals surface area contributed by atoms with Gasteiger partial charge in [-0.15, -0.1) is 0 Å². The summed E-state index contributed by atoms with van der Waals surface area (Å²) < 4.78 is 5.06. The second-order valence-corrected chi connectivity index (χ2v) is 8.43. The Labute approximate surface area is 208 Å². The number of rotatable bonds is 15. The highest BCUT2D eigenvalue weighted by molar-refractivity contribution is 7.80. The summed E-state index contributed by atoms with van der Waals surface area (Å²) in [6.45, 7) is -0.589. The van der Waals surface area contributed by atoms with Crippen molar-refractivity contribution >= 4 is 53.7 Å². The van der Waals surface area contributed by atoms with Gasteiger partial charge in [-0.05, 0) is 29.9 Å². The van der Waals surface area contributed by atoms with Crippen molar-refractivity contribution in [2.24, 2.45) is 5.92 Å². The van der Waals surface area contributed by atoms with Gasteiger partial charge in [0.05, 0.1) is 5.92 Å². The van der Waals surface area contributed by atoms with Crippen LogP contribution in [0.3, 0.4) is 0 Å². The number of ketones is 1. The van der Waals surface area contributed by atoms with Gasteiger partial charge >= 0.3 is 5.97 Å². The fourth-order valence-corrected chi connectivity index (χ4v) is 3.44. The molecule has 1 unspecified atom stereocenters. The zero-order chi connectivity index (χ0) is 25.8. The van der Waals surface area contributed by atoms with Crippen LogP contribution in [0, 0.1) is 5.92 Å². The second kappa shape index (κ2) is 14.2. The first-order valence-corrected chi connectivity index (χ1v) is 11.7. The predicted octanol–water partition coefficient (Wildman–Crippen LogP) is 0.429. The number of aliphatic carboxylic acids is 1. The van der Waals surface area contributed by atoms with E-state index in [1.807, 2.05) is 0 Å². The van der Waals surface area contributed by atoms with Crippen molar-refractivity contribution in [1.82, 2.24) is 10.2 Å². The summed E-state index contributed by atoms with van der Waals surface area (Å²) >= 11 is 3.93. The van der Waals surface area contributed by atoms with Gasteiger partial charge in [-0.1, -0.05) is 12.1 Å². The maximum Gasteiger partial charge on any atom is 0.308 e. The summed E-state index contributed by atoms with van der Waals surface area (Å²) in [5.74, 6) is -3.60. The number of hydrogen-bond donors (Lipinski definition) is 4. The van der Waals surface area contributed by atoms with E-state index >= 15 is 0 Å². The molecule has 1 aromatic carbocycles. The van der Waals surface area contributed by atoms with Gasteiger partial charge in [-0.25, -0.2) is 0 Å². The lowest BCUT2D eigenvalue weighted by Crippen LogP contribution is -2.47. The minimum Gasteiger partial charge on any atom is -0.481 e. The van der Waals surface area contributed by atoms with Crippen molar-refractivity contribution in [2.75, 3.05) is 37.4 Å². The lowest BCUT2D eigenvalue weighted by molar-refractivity contribution is -0.152. The lowest BCUT2D eigenvalue weighted by Gasteiger charge is -2.28. The van der Waals surface area contributed by atoms with Crippen LogP contribution in [0.1, 0.15) is 31.2 Å². The molecule has 0 saturated carbocycles. The molecule has 4 amide bonds. The van der Waals surface area contributed by atoms with E-state index < -0.39 is 36.9 Å². The van der Waals surface area contributed by atoms with E-state index in [9.17, 15) is 33.9 Å². The number of β-lactam (4-membered cyclic amide) rings is 1. The molecule has 1 aliphatic rings. The standard InChI is InChI=1S/C23H29N3O8S/c27-18(8-10-35)11-16(23(32)33)12-24-19(28)13-34-14-20(29)25-17-4-1-15(2-5-17)3-6-21(30)26-9-7-22(26)31/h1-2,4-5,16,35H,3,6-14H2,(H,24,28)(H,25,29)(H,32,33). The normalized spacial score (nSPS) is 13.5. The highest BCUT2D eigenvalue weighted by Gasteiger charge is 2.29. The van der Waals surface area contributed by atoms with E-state index in [-0.39, 0.29) is 43.4 Å². The Bertz CT molecular complexity index is 951. The number of benzene rings is 1. The van der Waals surface area contributed by atoms with Crippen molar-refractivity contribution in [3.63, 3.8) is 0 Å². The van der Waals surface area contributed by atoms with E-state index in [1.165, 1.54) is 4.90 Å². The number of amides is 4. The second-order valence-electron chi connectivity index (χ2n) is 7.98. The molecule has 0 aromatic heterocycles. The maximum atomic E-state index is 12.0. The van der Waals surface area contributed by atoms with Crippen molar-refractivity contribution in [3.05, 3.63) is 29.8 Å². The number of likely N-dealkylation sites (tertiary alicyclic amines) is 1. The third kappa shape index (κ3) is 9.87. The van der Waals surface area contributed by atoms with E-state index in [0.29, 0.717) is 30.8 Å². The summed E-state index contributed by atoms with van der Waals surface area (Å²) in [4.78, 5) is 71.1. The molecule has 190 valence electrons. The lowest BCUT2D eigenvalue weighted by atomic mass is 10.0. The van der Waals surface area contributed by atoms with Gasteiger partial charge in [0, 0.05) is 44.5 Å². The number of nitrogens with one attached hydrogen (secondary N) is 2. The van der Waals surface area contributed by atoms with E-state index in [1.54, 1.807) is 24.3 Å². The number of anilines is 1. The summed E-state index contributed by atoms with van der Waals surface area (Å²) in [6.07, 6.45) is 1.07. The molecule has 0 aliphatic carbocycles. The zero-order valence-corrected chi connectivity index (χ0v) is 20.1. The van der Waals surface area contributed by atoms with Crippen molar-refractivity contribution < 1.29 is 38.6 Å². The molecule has 3 N–H and O–H groups in total. The van der Waals surface area contributed by atoms with Crippen LogP contribution in [0.5, 0.6) is 0 Å². The highest BCUT2D eigenvalue weighted by Crippen LogP contribution is 2.14. The quantitative estimate of drug-likeness (QED) is 0.196. The molecule has 11 nitrogen and oxygen atoms in total. The predicted molar refractivity (Wildman–Crippen MR) is 128 cm³/mol. The van der Waals surface area contributed by atoms with Crippen LogP contribution < -0.4 is 10.6 Å². The molecule has 35 heavy (non-hydrogen) atoms. The van der Waals surface area contributed by atoms with E-state index in [2.05, 4.69) is 23.3 Å². The summed E-state index contributed by atoms with van der Waals surface area (Å²) in [5.41, 5.74) is 1.38. The Balaban J connectivity index is 1.64. The molecule has 0 bridgehead atoms. The molecule has 1 aromatic rings. The fraction of sp³-hybridized carbons (Fsp3) is 0.478. The molecule has 1 heterocycles. The number of hydrogen-bond acceptors (Lipinski definition) is 8. The smallest absolute Gasteiger partial charge is 0.308 e. The molecule has 12 heteroatoms. The Morgan fingerprint density at radius 1 is 1.06 bits per heavy atom. The monoisotopic (exact) mass is 507 g/mol. The van der Waals surface area contributed by atoms with Crippen LogP contribution in [0.2, 0.25) is 0 Å². The van der Waals surface area contributed by atoms with Gasteiger partial charge in [0.15, 0.2) is 0 Å². The fourth-order valence-electron chi connectivity index (χ4n) is 3.19. The Morgan fingerprint density at radius 3 is 2.31 bits per heavy atom. The molecular weight excluding hydrogens is 478 g/mol. The molecule has 1 atom stereocenters. The SMILES string of the molecule is O=C(CCS)CC(CNC(=O)COCC(=O)Nc1ccc(CCC(=O)N2CCC2=O)cc1)C(=O)O. The van der Waals surface area contributed by atoms with Crippen molar-refractivity contribution in [2.45, 2.75) is 32.1 Å². The van der Waals surface area contributed by atoms with Crippen LogP contribution >= 0.6 is 12.6 Å². The first kappa shape index (κ1) is 28.0. The number of carboxylic acid groups (broad SMARTS) is 1. The van der Waals surface area contributed by atoms with Crippen LogP contribution in [-0.2, 0) is 39.9 Å². The number of thiol groups is 1. The van der Waals surface area contributed by atoms with Crippen molar-refractivity contribution in [1.29, 1.82) is 0 Å². The van der Waals surface area contributed by atoms with Gasteiger partial charge < -0.3 is 20.5 Å². The van der Waals surface area contributed by atoms with Gasteiger partial charge in [0.2, 0.25) is 23.6 Å². The number of Topliss-reactive ketones (excluding diaryl/α,β-unsaturated/α-hetero) is 1. The van der Waals surface area contributed by atoms with Crippen LogP contribution in [-0.4, -0.2) is 77.4 Å². The van der Waals surface area contributed by atoms with Gasteiger partial charge in [-0.3, -0.25) is 33.7 Å². The molecule has 0 radical (unpaired) electrons.